The topological polar surface area (TPSA) is 59.5 Å². The Kier molecular flexibility index (Phi) is 4.64. The highest BCUT2D eigenvalue weighted by atomic mass is 32.2. The molecule has 0 N–H and O–H groups in total. The molecule has 0 amide bonds. The molecule has 3 heterocycles. The summed E-state index contributed by atoms with van der Waals surface area (Å²) in [4.78, 5) is 7.03. The summed E-state index contributed by atoms with van der Waals surface area (Å²) in [7, 11) is -1.72. The SMILES string of the molecule is COc1ncccc1-c1ccc2c(c1)[C@@H]1CN(Cc3cccc(C)c3)C[C@@H]1S2(=O)=O. The Bertz CT molecular complexity index is 1220. The summed E-state index contributed by atoms with van der Waals surface area (Å²) in [6, 6.07) is 17.9. The Morgan fingerprint density at radius 2 is 1.97 bits per heavy atom. The molecule has 1 fully saturated rings. The van der Waals surface area contributed by atoms with Crippen molar-refractivity contribution < 1.29 is 13.2 Å². The maximum atomic E-state index is 13.2. The van der Waals surface area contributed by atoms with Gasteiger partial charge in [-0.1, -0.05) is 35.9 Å². The van der Waals surface area contributed by atoms with E-state index in [-0.39, 0.29) is 11.2 Å². The number of aromatic nitrogens is 1. The van der Waals surface area contributed by atoms with Crippen LogP contribution in [0, 0.1) is 6.92 Å². The highest BCUT2D eigenvalue weighted by molar-refractivity contribution is 7.92. The van der Waals surface area contributed by atoms with Crippen molar-refractivity contribution in [2.24, 2.45) is 0 Å². The number of hydrogen-bond donors (Lipinski definition) is 0. The molecule has 0 bridgehead atoms. The van der Waals surface area contributed by atoms with Crippen LogP contribution in [0.2, 0.25) is 0 Å². The lowest BCUT2D eigenvalue weighted by Gasteiger charge is -2.18. The van der Waals surface area contributed by atoms with Gasteiger partial charge in [-0.3, -0.25) is 4.90 Å². The highest BCUT2D eigenvalue weighted by Crippen LogP contribution is 2.46. The summed E-state index contributed by atoms with van der Waals surface area (Å²) in [6.07, 6.45) is 1.69. The predicted octanol–water partition coefficient (Wildman–Crippen LogP) is 3.82. The molecule has 2 aromatic carbocycles. The second-order valence-corrected chi connectivity index (χ2v) is 10.3. The van der Waals surface area contributed by atoms with Gasteiger partial charge in [-0.25, -0.2) is 13.4 Å². The Hall–Kier alpha value is -2.70. The number of sulfone groups is 1. The standard InChI is InChI=1S/C24H24N2O3S/c1-16-5-3-6-17(11-16)13-26-14-21-20-12-18(19-7-4-10-25-24(19)29-2)8-9-22(20)30(27,28)23(21)15-26/h3-12,21,23H,13-15H2,1-2H3/t21-,23-/m0/s1. The third-order valence-electron chi connectivity index (χ3n) is 6.22. The first-order valence-electron chi connectivity index (χ1n) is 10.1. The van der Waals surface area contributed by atoms with Gasteiger partial charge in [0.2, 0.25) is 5.88 Å². The third kappa shape index (κ3) is 3.11. The minimum Gasteiger partial charge on any atom is -0.481 e. The zero-order valence-electron chi connectivity index (χ0n) is 17.1. The van der Waals surface area contributed by atoms with E-state index >= 15 is 0 Å². The van der Waals surface area contributed by atoms with Crippen LogP contribution in [-0.4, -0.2) is 43.8 Å². The maximum Gasteiger partial charge on any atom is 0.221 e. The predicted molar refractivity (Wildman–Crippen MR) is 116 cm³/mol. The van der Waals surface area contributed by atoms with Crippen LogP contribution in [0.5, 0.6) is 5.88 Å². The van der Waals surface area contributed by atoms with E-state index in [4.69, 9.17) is 4.74 Å². The van der Waals surface area contributed by atoms with Crippen molar-refractivity contribution in [3.05, 3.63) is 77.5 Å². The first kappa shape index (κ1) is 19.3. The van der Waals surface area contributed by atoms with Crippen molar-refractivity contribution in [1.29, 1.82) is 0 Å². The van der Waals surface area contributed by atoms with Crippen LogP contribution in [0.25, 0.3) is 11.1 Å². The Morgan fingerprint density at radius 3 is 2.77 bits per heavy atom. The van der Waals surface area contributed by atoms with Crippen LogP contribution in [0.15, 0.2) is 65.7 Å². The highest BCUT2D eigenvalue weighted by Gasteiger charge is 2.50. The van der Waals surface area contributed by atoms with Gasteiger partial charge >= 0.3 is 0 Å². The molecule has 2 aliphatic heterocycles. The van der Waals surface area contributed by atoms with Crippen molar-refractivity contribution >= 4 is 9.84 Å². The van der Waals surface area contributed by atoms with Gasteiger partial charge in [0.25, 0.3) is 0 Å². The zero-order valence-corrected chi connectivity index (χ0v) is 17.9. The fourth-order valence-corrected chi connectivity index (χ4v) is 7.06. The van der Waals surface area contributed by atoms with E-state index in [2.05, 4.69) is 41.1 Å². The second kappa shape index (κ2) is 7.22. The van der Waals surface area contributed by atoms with E-state index in [1.807, 2.05) is 24.3 Å². The van der Waals surface area contributed by atoms with Crippen molar-refractivity contribution in [2.45, 2.75) is 29.5 Å². The summed E-state index contributed by atoms with van der Waals surface area (Å²) in [6.45, 7) is 4.17. The van der Waals surface area contributed by atoms with Crippen molar-refractivity contribution in [3.63, 3.8) is 0 Å². The van der Waals surface area contributed by atoms with Gasteiger partial charge in [0.1, 0.15) is 0 Å². The molecule has 3 aromatic rings. The van der Waals surface area contributed by atoms with Gasteiger partial charge in [0.05, 0.1) is 17.3 Å². The number of hydrogen-bond acceptors (Lipinski definition) is 5. The average molecular weight is 421 g/mol. The molecule has 0 spiro atoms. The number of rotatable bonds is 4. The first-order valence-corrected chi connectivity index (χ1v) is 11.7. The fraction of sp³-hybridized carbons (Fsp3) is 0.292. The Morgan fingerprint density at radius 1 is 1.10 bits per heavy atom. The second-order valence-electron chi connectivity index (χ2n) is 8.19. The molecule has 0 saturated carbocycles. The third-order valence-corrected chi connectivity index (χ3v) is 8.48. The van der Waals surface area contributed by atoms with Crippen LogP contribution >= 0.6 is 0 Å². The molecule has 1 aromatic heterocycles. The van der Waals surface area contributed by atoms with Crippen molar-refractivity contribution in [3.8, 4) is 17.0 Å². The molecule has 154 valence electrons. The number of aryl methyl sites for hydroxylation is 1. The normalized spacial score (nSPS) is 21.9. The summed E-state index contributed by atoms with van der Waals surface area (Å²) in [5, 5.41) is -0.372. The van der Waals surface area contributed by atoms with Crippen LogP contribution in [0.4, 0.5) is 0 Å². The number of fused-ring (bicyclic) bond motifs is 3. The first-order chi connectivity index (χ1) is 14.5. The molecule has 5 rings (SSSR count). The van der Waals surface area contributed by atoms with E-state index in [0.717, 1.165) is 29.8 Å². The molecular weight excluding hydrogens is 396 g/mol. The molecule has 30 heavy (non-hydrogen) atoms. The monoisotopic (exact) mass is 420 g/mol. The zero-order chi connectivity index (χ0) is 20.9. The van der Waals surface area contributed by atoms with Crippen LogP contribution in [-0.2, 0) is 16.4 Å². The number of methoxy groups -OCH3 is 1. The maximum absolute atomic E-state index is 13.2. The summed E-state index contributed by atoms with van der Waals surface area (Å²) in [5.74, 6) is 0.541. The Labute approximate surface area is 177 Å². The quantitative estimate of drug-likeness (QED) is 0.642. The van der Waals surface area contributed by atoms with Crippen molar-refractivity contribution in [2.75, 3.05) is 20.2 Å². The van der Waals surface area contributed by atoms with Crippen LogP contribution in [0.3, 0.4) is 0 Å². The van der Waals surface area contributed by atoms with Gasteiger partial charge in [-0.2, -0.15) is 0 Å². The molecular formula is C24H24N2O3S. The lowest BCUT2D eigenvalue weighted by atomic mass is 9.95. The van der Waals surface area contributed by atoms with E-state index in [0.29, 0.717) is 17.3 Å². The number of nitrogens with zero attached hydrogens (tertiary/aromatic N) is 2. The van der Waals surface area contributed by atoms with Gasteiger partial charge in [0, 0.05) is 37.3 Å². The Balaban J connectivity index is 1.49. The van der Waals surface area contributed by atoms with Crippen molar-refractivity contribution in [1.82, 2.24) is 9.88 Å². The molecule has 0 radical (unpaired) electrons. The van der Waals surface area contributed by atoms with Crippen LogP contribution in [0.1, 0.15) is 22.6 Å². The molecule has 1 saturated heterocycles. The summed E-state index contributed by atoms with van der Waals surface area (Å²) >= 11 is 0. The molecule has 6 heteroatoms. The van der Waals surface area contributed by atoms with Gasteiger partial charge in [0.15, 0.2) is 9.84 Å². The lowest BCUT2D eigenvalue weighted by Crippen LogP contribution is -2.25. The van der Waals surface area contributed by atoms with Gasteiger partial charge in [-0.15, -0.1) is 0 Å². The van der Waals surface area contributed by atoms with Crippen LogP contribution < -0.4 is 4.74 Å². The minimum atomic E-state index is -3.32. The summed E-state index contributed by atoms with van der Waals surface area (Å²) in [5.41, 5.74) is 5.18. The minimum absolute atomic E-state index is 0.00238. The summed E-state index contributed by atoms with van der Waals surface area (Å²) < 4.78 is 31.9. The fourth-order valence-electron chi connectivity index (χ4n) is 4.86. The van der Waals surface area contributed by atoms with Gasteiger partial charge < -0.3 is 4.74 Å². The smallest absolute Gasteiger partial charge is 0.221 e. The van der Waals surface area contributed by atoms with Gasteiger partial charge in [-0.05, 0) is 47.9 Å². The largest absolute Gasteiger partial charge is 0.481 e. The molecule has 5 nitrogen and oxygen atoms in total. The lowest BCUT2D eigenvalue weighted by molar-refractivity contribution is 0.325. The number of likely N-dealkylation sites (tertiary alicyclic amines) is 1. The number of pyridine rings is 1. The van der Waals surface area contributed by atoms with E-state index in [1.165, 1.54) is 11.1 Å². The van der Waals surface area contributed by atoms with E-state index in [1.54, 1.807) is 19.4 Å². The molecule has 0 aliphatic carbocycles. The molecule has 2 atom stereocenters. The van der Waals surface area contributed by atoms with E-state index in [9.17, 15) is 8.42 Å². The average Bonchev–Trinajstić information content (AvgIpc) is 3.25. The molecule has 0 unspecified atom stereocenters. The van der Waals surface area contributed by atoms with E-state index < -0.39 is 9.84 Å². The number of benzene rings is 2. The number of ether oxygens (including phenoxy) is 1. The molecule has 2 aliphatic rings.